The highest BCUT2D eigenvalue weighted by Crippen LogP contribution is 2.36. The number of benzene rings is 1. The highest BCUT2D eigenvalue weighted by molar-refractivity contribution is 7.88. The van der Waals surface area contributed by atoms with Gasteiger partial charge in [0.2, 0.25) is 10.0 Å². The van der Waals surface area contributed by atoms with Gasteiger partial charge in [-0.2, -0.15) is 0 Å². The number of carbonyl (C=O) groups is 1. The molecular formula is C25H37ClN4O5S. The Morgan fingerprint density at radius 2 is 1.81 bits per heavy atom. The van der Waals surface area contributed by atoms with Crippen molar-refractivity contribution in [2.75, 3.05) is 26.4 Å². The monoisotopic (exact) mass is 540 g/mol. The van der Waals surface area contributed by atoms with Gasteiger partial charge in [0.15, 0.2) is 0 Å². The van der Waals surface area contributed by atoms with Gasteiger partial charge >= 0.3 is 0 Å². The molecule has 1 amide bonds. The summed E-state index contributed by atoms with van der Waals surface area (Å²) < 4.78 is 26.1. The van der Waals surface area contributed by atoms with Crippen molar-refractivity contribution in [3.63, 3.8) is 0 Å². The molecule has 2 bridgehead atoms. The van der Waals surface area contributed by atoms with E-state index >= 15 is 0 Å². The van der Waals surface area contributed by atoms with Gasteiger partial charge in [-0.15, -0.1) is 12.4 Å². The quantitative estimate of drug-likeness (QED) is 0.529. The van der Waals surface area contributed by atoms with E-state index in [1.165, 1.54) is 11.4 Å². The minimum absolute atomic E-state index is 0. The number of hydrogen-bond donors (Lipinski definition) is 2. The number of fused-ring (bicyclic) bond motifs is 3. The second-order valence-electron chi connectivity index (χ2n) is 10.3. The third kappa shape index (κ3) is 5.94. The van der Waals surface area contributed by atoms with Gasteiger partial charge in [0, 0.05) is 44.3 Å². The molecule has 1 aromatic heterocycles. The summed E-state index contributed by atoms with van der Waals surface area (Å²) in [4.78, 5) is 28.7. The molecule has 2 saturated heterocycles. The molecule has 1 aromatic carbocycles. The number of piperidine rings is 1. The molecule has 2 fully saturated rings. The molecule has 0 spiro atoms. The standard InChI is InChI=1S/C25H36N4O5S.ClH/c1-16(2)29-23-8-6-5-7-17(23)11-22(25(29)32)24(31)26-18-12-19-9-10-20(13-18)28(19)15-21(30)14-27(3)35(4,33)34;/h5-8,11,16,18-21,30H,9-10,12-15H2,1-4H3,(H,26,31);1H/t18?,19-,20+,21-;/m0./s1. The van der Waals surface area contributed by atoms with Crippen LogP contribution in [0.1, 0.15) is 55.9 Å². The molecule has 2 aromatic rings. The number of sulfonamides is 1. The summed E-state index contributed by atoms with van der Waals surface area (Å²) in [5.74, 6) is -0.345. The Morgan fingerprint density at radius 3 is 2.39 bits per heavy atom. The van der Waals surface area contributed by atoms with E-state index in [4.69, 9.17) is 0 Å². The number of aromatic nitrogens is 1. The predicted octanol–water partition coefficient (Wildman–Crippen LogP) is 1.98. The van der Waals surface area contributed by atoms with Crippen LogP contribution in [0.4, 0.5) is 0 Å². The van der Waals surface area contributed by atoms with E-state index in [1.54, 1.807) is 10.6 Å². The first-order valence-electron chi connectivity index (χ1n) is 12.3. The van der Waals surface area contributed by atoms with Gasteiger partial charge in [0.1, 0.15) is 5.56 Å². The summed E-state index contributed by atoms with van der Waals surface area (Å²) in [6.45, 7) is 4.33. The zero-order valence-corrected chi connectivity index (χ0v) is 22.9. The van der Waals surface area contributed by atoms with E-state index in [0.29, 0.717) is 6.54 Å². The molecule has 11 heteroatoms. The van der Waals surface area contributed by atoms with Crippen LogP contribution in [0.5, 0.6) is 0 Å². The van der Waals surface area contributed by atoms with Crippen LogP contribution < -0.4 is 10.9 Å². The second kappa shape index (κ2) is 11.2. The van der Waals surface area contributed by atoms with Crippen LogP contribution in [-0.4, -0.2) is 83.8 Å². The van der Waals surface area contributed by atoms with Crippen molar-refractivity contribution in [1.82, 2.24) is 19.1 Å². The Bertz CT molecular complexity index is 1250. The van der Waals surface area contributed by atoms with Crippen molar-refractivity contribution in [2.24, 2.45) is 0 Å². The molecule has 4 rings (SSSR count). The first-order valence-corrected chi connectivity index (χ1v) is 14.1. The maximum absolute atomic E-state index is 13.2. The van der Waals surface area contributed by atoms with Gasteiger partial charge in [-0.05, 0) is 57.0 Å². The molecule has 2 aliphatic heterocycles. The maximum Gasteiger partial charge on any atom is 0.264 e. The number of carbonyl (C=O) groups excluding carboxylic acids is 1. The molecule has 0 radical (unpaired) electrons. The maximum atomic E-state index is 13.2. The highest BCUT2D eigenvalue weighted by atomic mass is 35.5. The van der Waals surface area contributed by atoms with Crippen LogP contribution >= 0.6 is 12.4 Å². The van der Waals surface area contributed by atoms with Crippen LogP contribution in [-0.2, 0) is 10.0 Å². The normalized spacial score (nSPS) is 23.1. The molecule has 1 unspecified atom stereocenters. The van der Waals surface area contributed by atoms with Gasteiger partial charge in [0.05, 0.1) is 17.9 Å². The van der Waals surface area contributed by atoms with E-state index < -0.39 is 16.1 Å². The molecule has 2 aliphatic rings. The van der Waals surface area contributed by atoms with Crippen LogP contribution in [0.3, 0.4) is 0 Å². The average Bonchev–Trinajstić information content (AvgIpc) is 2.99. The number of rotatable bonds is 8. The lowest BCUT2D eigenvalue weighted by Gasteiger charge is -2.40. The average molecular weight is 541 g/mol. The Morgan fingerprint density at radius 1 is 1.19 bits per heavy atom. The van der Waals surface area contributed by atoms with Gasteiger partial charge in [0.25, 0.3) is 11.5 Å². The zero-order valence-electron chi connectivity index (χ0n) is 21.3. The van der Waals surface area contributed by atoms with Crippen LogP contribution in [0, 0.1) is 0 Å². The third-order valence-corrected chi connectivity index (χ3v) is 8.66. The lowest BCUT2D eigenvalue weighted by molar-refractivity contribution is 0.0448. The largest absolute Gasteiger partial charge is 0.390 e. The second-order valence-corrected chi connectivity index (χ2v) is 12.4. The van der Waals surface area contributed by atoms with E-state index in [0.717, 1.165) is 42.8 Å². The van der Waals surface area contributed by atoms with E-state index in [1.807, 2.05) is 38.1 Å². The van der Waals surface area contributed by atoms with Crippen molar-refractivity contribution in [3.8, 4) is 0 Å². The van der Waals surface area contributed by atoms with Crippen molar-refractivity contribution in [1.29, 1.82) is 0 Å². The number of hydrogen-bond acceptors (Lipinski definition) is 6. The highest BCUT2D eigenvalue weighted by Gasteiger charge is 2.42. The van der Waals surface area contributed by atoms with Crippen molar-refractivity contribution in [3.05, 3.63) is 46.2 Å². The topological polar surface area (TPSA) is 112 Å². The fourth-order valence-electron chi connectivity index (χ4n) is 5.65. The molecule has 0 aliphatic carbocycles. The number of para-hydroxylation sites is 1. The number of nitrogens with zero attached hydrogens (tertiary/aromatic N) is 3. The van der Waals surface area contributed by atoms with Crippen molar-refractivity contribution >= 4 is 39.2 Å². The number of aliphatic hydroxyl groups is 1. The van der Waals surface area contributed by atoms with E-state index in [-0.39, 0.29) is 60.1 Å². The summed E-state index contributed by atoms with van der Waals surface area (Å²) in [6.07, 6.45) is 3.77. The van der Waals surface area contributed by atoms with Gasteiger partial charge < -0.3 is 15.0 Å². The Labute approximate surface area is 218 Å². The van der Waals surface area contributed by atoms with Crippen LogP contribution in [0.15, 0.2) is 35.1 Å². The Kier molecular flexibility index (Phi) is 8.88. The summed E-state index contributed by atoms with van der Waals surface area (Å²) >= 11 is 0. The number of likely N-dealkylation sites (N-methyl/N-ethyl adjacent to an activating group) is 1. The van der Waals surface area contributed by atoms with Crippen LogP contribution in [0.2, 0.25) is 0 Å². The van der Waals surface area contributed by atoms with Crippen molar-refractivity contribution in [2.45, 2.75) is 69.8 Å². The molecule has 36 heavy (non-hydrogen) atoms. The van der Waals surface area contributed by atoms with Crippen LogP contribution in [0.25, 0.3) is 10.9 Å². The number of halogens is 1. The van der Waals surface area contributed by atoms with Gasteiger partial charge in [-0.25, -0.2) is 12.7 Å². The Balaban J connectivity index is 0.00000361. The predicted molar refractivity (Wildman–Crippen MR) is 143 cm³/mol. The molecule has 4 atom stereocenters. The summed E-state index contributed by atoms with van der Waals surface area (Å²) in [6, 6.07) is 9.57. The lowest BCUT2D eigenvalue weighted by atomic mass is 9.96. The molecule has 200 valence electrons. The number of amides is 1. The minimum atomic E-state index is -3.34. The van der Waals surface area contributed by atoms with E-state index in [2.05, 4.69) is 10.2 Å². The first kappa shape index (κ1) is 28.6. The number of nitrogens with one attached hydrogen (secondary N) is 1. The lowest BCUT2D eigenvalue weighted by Crippen LogP contribution is -2.53. The molecular weight excluding hydrogens is 504 g/mol. The summed E-state index contributed by atoms with van der Waals surface area (Å²) in [5, 5.41) is 14.5. The Hall–Kier alpha value is -1.98. The third-order valence-electron chi connectivity index (χ3n) is 7.38. The van der Waals surface area contributed by atoms with Gasteiger partial charge in [-0.3, -0.25) is 14.5 Å². The zero-order chi connectivity index (χ0) is 25.5. The van der Waals surface area contributed by atoms with E-state index in [9.17, 15) is 23.1 Å². The van der Waals surface area contributed by atoms with Crippen molar-refractivity contribution < 1.29 is 18.3 Å². The molecule has 0 saturated carbocycles. The SMILES string of the molecule is CC(C)n1c(=O)c(C(=O)NC2C[C@H]3CC[C@@H](C2)N3C[C@@H](O)CN(C)S(C)(=O)=O)cc2ccccc21.Cl. The molecule has 2 N–H and O–H groups in total. The minimum Gasteiger partial charge on any atom is -0.390 e. The molecule has 3 heterocycles. The smallest absolute Gasteiger partial charge is 0.264 e. The fraction of sp³-hybridized carbons (Fsp3) is 0.600. The number of aliphatic hydroxyl groups excluding tert-OH is 1. The summed E-state index contributed by atoms with van der Waals surface area (Å²) in [5.41, 5.74) is 0.691. The summed E-state index contributed by atoms with van der Waals surface area (Å²) in [7, 11) is -1.88. The molecule has 9 nitrogen and oxygen atoms in total. The van der Waals surface area contributed by atoms with Gasteiger partial charge in [-0.1, -0.05) is 18.2 Å². The number of pyridine rings is 1. The fourth-order valence-corrected chi connectivity index (χ4v) is 6.09. The first-order chi connectivity index (χ1) is 16.5.